The van der Waals surface area contributed by atoms with Gasteiger partial charge in [0.05, 0.1) is 19.1 Å². The maximum absolute atomic E-state index is 13.7. The minimum atomic E-state index is -0.583. The first-order chi connectivity index (χ1) is 13.1. The molecule has 0 saturated carbocycles. The van der Waals surface area contributed by atoms with Crippen LogP contribution in [-0.2, 0) is 14.3 Å². The largest absolute Gasteiger partial charge is 0.379 e. The van der Waals surface area contributed by atoms with Crippen LogP contribution >= 0.6 is 0 Å². The van der Waals surface area contributed by atoms with E-state index in [0.29, 0.717) is 30.3 Å². The van der Waals surface area contributed by atoms with Gasteiger partial charge in [-0.25, -0.2) is 4.39 Å². The Morgan fingerprint density at radius 1 is 1.19 bits per heavy atom. The molecule has 2 fully saturated rings. The number of likely N-dealkylation sites (tertiary alicyclic amines) is 1. The molecule has 0 spiro atoms. The minimum Gasteiger partial charge on any atom is -0.379 e. The summed E-state index contributed by atoms with van der Waals surface area (Å²) in [7, 11) is 0. The number of hydrogen-bond acceptors (Lipinski definition) is 4. The van der Waals surface area contributed by atoms with Gasteiger partial charge in [0.1, 0.15) is 5.82 Å². The molecule has 4 rings (SSSR count). The summed E-state index contributed by atoms with van der Waals surface area (Å²) < 4.78 is 19.1. The highest BCUT2D eigenvalue weighted by molar-refractivity contribution is 6.01. The Bertz CT molecular complexity index is 712. The van der Waals surface area contributed by atoms with Crippen molar-refractivity contribution in [2.24, 2.45) is 5.92 Å². The number of nitrogens with one attached hydrogen (secondary N) is 1. The number of hydrogen-bond donors (Lipinski definition) is 1. The summed E-state index contributed by atoms with van der Waals surface area (Å²) >= 11 is 0. The van der Waals surface area contributed by atoms with Crippen LogP contribution in [0.3, 0.4) is 0 Å². The van der Waals surface area contributed by atoms with Gasteiger partial charge >= 0.3 is 0 Å². The SMILES string of the molecule is O=C1C[C@H](C(=O)N2CCC(CN3CCOCC3)CC2)c2cc(F)ccc2N1. The van der Waals surface area contributed by atoms with Crippen molar-refractivity contribution >= 4 is 17.5 Å². The Balaban J connectivity index is 1.38. The lowest BCUT2D eigenvalue weighted by atomic mass is 9.88. The molecule has 3 aliphatic rings. The second-order valence-electron chi connectivity index (χ2n) is 7.72. The first-order valence-electron chi connectivity index (χ1n) is 9.78. The number of benzene rings is 1. The van der Waals surface area contributed by atoms with Crippen molar-refractivity contribution in [3.8, 4) is 0 Å². The molecule has 0 aliphatic carbocycles. The van der Waals surface area contributed by atoms with Crippen LogP contribution < -0.4 is 5.32 Å². The highest BCUT2D eigenvalue weighted by Gasteiger charge is 2.35. The first-order valence-corrected chi connectivity index (χ1v) is 9.78. The summed E-state index contributed by atoms with van der Waals surface area (Å²) in [5.41, 5.74) is 1.14. The van der Waals surface area contributed by atoms with Crippen LogP contribution in [0.15, 0.2) is 18.2 Å². The van der Waals surface area contributed by atoms with Crippen molar-refractivity contribution in [1.82, 2.24) is 9.80 Å². The fourth-order valence-electron chi connectivity index (χ4n) is 4.36. The molecule has 1 atom stereocenters. The number of ether oxygens (including phenoxy) is 1. The maximum Gasteiger partial charge on any atom is 0.230 e. The van der Waals surface area contributed by atoms with Gasteiger partial charge in [0.25, 0.3) is 0 Å². The van der Waals surface area contributed by atoms with Crippen LogP contribution in [0.1, 0.15) is 30.7 Å². The molecule has 7 heteroatoms. The molecule has 1 N–H and O–H groups in total. The molecular formula is C20H26FN3O3. The van der Waals surface area contributed by atoms with Crippen molar-refractivity contribution in [2.45, 2.75) is 25.2 Å². The Labute approximate surface area is 158 Å². The molecule has 6 nitrogen and oxygen atoms in total. The third kappa shape index (κ3) is 4.14. The molecule has 3 heterocycles. The molecule has 146 valence electrons. The smallest absolute Gasteiger partial charge is 0.230 e. The predicted molar refractivity (Wildman–Crippen MR) is 99.0 cm³/mol. The van der Waals surface area contributed by atoms with Crippen LogP contribution in [-0.4, -0.2) is 67.6 Å². The number of carbonyl (C=O) groups excluding carboxylic acids is 2. The molecule has 0 bridgehead atoms. The molecule has 2 saturated heterocycles. The molecule has 0 aromatic heterocycles. The van der Waals surface area contributed by atoms with Crippen LogP contribution in [0, 0.1) is 11.7 Å². The maximum atomic E-state index is 13.7. The molecular weight excluding hydrogens is 349 g/mol. The summed E-state index contributed by atoms with van der Waals surface area (Å²) in [5, 5.41) is 2.74. The average Bonchev–Trinajstić information content (AvgIpc) is 2.68. The number of nitrogens with zero attached hydrogens (tertiary/aromatic N) is 2. The first kappa shape index (κ1) is 18.4. The Hall–Kier alpha value is -1.99. The summed E-state index contributed by atoms with van der Waals surface area (Å²) in [5.74, 6) is -0.616. The second kappa shape index (κ2) is 7.94. The van der Waals surface area contributed by atoms with Gasteiger partial charge in [-0.05, 0) is 42.5 Å². The van der Waals surface area contributed by atoms with Gasteiger partial charge < -0.3 is 15.0 Å². The molecule has 0 unspecified atom stereocenters. The Morgan fingerprint density at radius 3 is 2.67 bits per heavy atom. The van der Waals surface area contributed by atoms with Crippen molar-refractivity contribution < 1.29 is 18.7 Å². The van der Waals surface area contributed by atoms with Gasteiger partial charge in [-0.3, -0.25) is 14.5 Å². The predicted octanol–water partition coefficient (Wildman–Crippen LogP) is 1.82. The lowest BCUT2D eigenvalue weighted by Crippen LogP contribution is -2.46. The van der Waals surface area contributed by atoms with E-state index in [1.165, 1.54) is 18.2 Å². The molecule has 1 aromatic carbocycles. The standard InChI is InChI=1S/C20H26FN3O3/c21-15-1-2-18-16(11-15)17(12-19(25)22-18)20(26)24-5-3-14(4-6-24)13-23-7-9-27-10-8-23/h1-2,11,14,17H,3-10,12-13H2,(H,22,25)/t17-/m0/s1. The van der Waals surface area contributed by atoms with E-state index in [9.17, 15) is 14.0 Å². The second-order valence-corrected chi connectivity index (χ2v) is 7.72. The molecule has 1 aromatic rings. The van der Waals surface area contributed by atoms with E-state index in [1.54, 1.807) is 0 Å². The highest BCUT2D eigenvalue weighted by Crippen LogP contribution is 2.35. The normalized spacial score (nSPS) is 24.4. The zero-order valence-electron chi connectivity index (χ0n) is 15.5. The lowest BCUT2D eigenvalue weighted by Gasteiger charge is -2.38. The van der Waals surface area contributed by atoms with Crippen LogP contribution in [0.25, 0.3) is 0 Å². The van der Waals surface area contributed by atoms with E-state index in [2.05, 4.69) is 10.2 Å². The molecule has 3 aliphatic heterocycles. The number of piperidine rings is 1. The average molecular weight is 375 g/mol. The van der Waals surface area contributed by atoms with Crippen molar-refractivity contribution in [1.29, 1.82) is 0 Å². The summed E-state index contributed by atoms with van der Waals surface area (Å²) in [6.07, 6.45) is 2.03. The van der Waals surface area contributed by atoms with Crippen LogP contribution in [0.5, 0.6) is 0 Å². The van der Waals surface area contributed by atoms with Crippen molar-refractivity contribution in [3.05, 3.63) is 29.6 Å². The van der Waals surface area contributed by atoms with Crippen LogP contribution in [0.4, 0.5) is 10.1 Å². The van der Waals surface area contributed by atoms with Crippen molar-refractivity contribution in [3.63, 3.8) is 0 Å². The number of halogens is 1. The van der Waals surface area contributed by atoms with E-state index < -0.39 is 5.92 Å². The van der Waals surface area contributed by atoms with Crippen molar-refractivity contribution in [2.75, 3.05) is 51.3 Å². The molecule has 27 heavy (non-hydrogen) atoms. The number of anilines is 1. The molecule has 0 radical (unpaired) electrons. The van der Waals surface area contributed by atoms with Gasteiger partial charge in [0, 0.05) is 44.8 Å². The van der Waals surface area contributed by atoms with E-state index in [-0.39, 0.29) is 24.1 Å². The minimum absolute atomic E-state index is 0.0541. The molecule has 2 amide bonds. The van der Waals surface area contributed by atoms with Gasteiger partial charge in [-0.1, -0.05) is 0 Å². The van der Waals surface area contributed by atoms with Gasteiger partial charge in [-0.15, -0.1) is 0 Å². The Kier molecular flexibility index (Phi) is 5.41. The third-order valence-electron chi connectivity index (χ3n) is 5.90. The Morgan fingerprint density at radius 2 is 1.93 bits per heavy atom. The van der Waals surface area contributed by atoms with E-state index in [1.807, 2.05) is 4.90 Å². The number of carbonyl (C=O) groups is 2. The summed E-state index contributed by atoms with van der Waals surface area (Å²) in [4.78, 5) is 29.4. The lowest BCUT2D eigenvalue weighted by molar-refractivity contribution is -0.136. The fourth-order valence-corrected chi connectivity index (χ4v) is 4.36. The number of fused-ring (bicyclic) bond motifs is 1. The topological polar surface area (TPSA) is 61.9 Å². The van der Waals surface area contributed by atoms with Gasteiger partial charge in [-0.2, -0.15) is 0 Å². The highest BCUT2D eigenvalue weighted by atomic mass is 19.1. The zero-order valence-corrected chi connectivity index (χ0v) is 15.5. The van der Waals surface area contributed by atoms with E-state index in [0.717, 1.165) is 45.7 Å². The number of rotatable bonds is 3. The summed E-state index contributed by atoms with van der Waals surface area (Å²) in [6.45, 7) is 6.05. The summed E-state index contributed by atoms with van der Waals surface area (Å²) in [6, 6.07) is 4.22. The van der Waals surface area contributed by atoms with Gasteiger partial charge in [0.15, 0.2) is 0 Å². The zero-order chi connectivity index (χ0) is 18.8. The number of morpholine rings is 1. The number of amides is 2. The third-order valence-corrected chi connectivity index (χ3v) is 5.90. The van der Waals surface area contributed by atoms with Gasteiger partial charge in [0.2, 0.25) is 11.8 Å². The van der Waals surface area contributed by atoms with E-state index >= 15 is 0 Å². The van der Waals surface area contributed by atoms with E-state index in [4.69, 9.17) is 4.74 Å². The van der Waals surface area contributed by atoms with Crippen LogP contribution in [0.2, 0.25) is 0 Å². The quantitative estimate of drug-likeness (QED) is 0.876. The fraction of sp³-hybridized carbons (Fsp3) is 0.600. The monoisotopic (exact) mass is 375 g/mol.